The smallest absolute Gasteiger partial charge is 0.349 e. The molecule has 3 aromatic rings. The van der Waals surface area contributed by atoms with Crippen molar-refractivity contribution in [2.45, 2.75) is 36.5 Å². The summed E-state index contributed by atoms with van der Waals surface area (Å²) in [6.45, 7) is 2.41. The molecule has 4 rings (SSSR count). The second-order valence-electron chi connectivity index (χ2n) is 8.84. The van der Waals surface area contributed by atoms with E-state index in [1.807, 2.05) is 18.2 Å². The number of nitrogens with zero attached hydrogens (tertiary/aromatic N) is 1. The molecule has 11 heteroatoms. The molecule has 0 aromatic heterocycles. The van der Waals surface area contributed by atoms with Gasteiger partial charge in [-0.05, 0) is 54.8 Å². The molecule has 1 aliphatic rings. The third-order valence-corrected chi connectivity index (χ3v) is 7.82. The number of likely N-dealkylation sites (tertiary alicyclic amines) is 1. The molecule has 6 nitrogen and oxygen atoms in total. The van der Waals surface area contributed by atoms with Crippen LogP contribution in [-0.2, 0) is 22.7 Å². The number of sulfonamides is 1. The first-order chi connectivity index (χ1) is 17.5. The van der Waals surface area contributed by atoms with Crippen LogP contribution in [0.1, 0.15) is 34.3 Å². The SMILES string of the molecule is O=C(NC1CCN(Cc2ccccc2)CC1)c1cc(S(=O)(=O)Nc2cccc(C(F)(F)F)c2)ccc1Cl. The molecule has 1 saturated heterocycles. The number of halogens is 4. The Bertz CT molecular complexity index is 1360. The largest absolute Gasteiger partial charge is 0.416 e. The molecule has 0 saturated carbocycles. The lowest BCUT2D eigenvalue weighted by Gasteiger charge is -2.32. The van der Waals surface area contributed by atoms with Gasteiger partial charge in [0.25, 0.3) is 15.9 Å². The summed E-state index contributed by atoms with van der Waals surface area (Å²) < 4.78 is 66.8. The minimum atomic E-state index is -4.62. The fraction of sp³-hybridized carbons (Fsp3) is 0.269. The fourth-order valence-electron chi connectivity index (χ4n) is 4.16. The topological polar surface area (TPSA) is 78.5 Å². The number of anilines is 1. The van der Waals surface area contributed by atoms with Crippen LogP contribution in [0.2, 0.25) is 5.02 Å². The number of piperidine rings is 1. The molecule has 196 valence electrons. The van der Waals surface area contributed by atoms with Gasteiger partial charge in [0.15, 0.2) is 0 Å². The number of rotatable bonds is 7. The van der Waals surface area contributed by atoms with Crippen molar-refractivity contribution in [1.82, 2.24) is 10.2 Å². The van der Waals surface area contributed by atoms with Crippen LogP contribution in [-0.4, -0.2) is 38.4 Å². The lowest BCUT2D eigenvalue weighted by Crippen LogP contribution is -2.44. The zero-order valence-corrected chi connectivity index (χ0v) is 21.2. The van der Waals surface area contributed by atoms with Crippen LogP contribution in [0.25, 0.3) is 0 Å². The van der Waals surface area contributed by atoms with Crippen molar-refractivity contribution in [3.8, 4) is 0 Å². The molecule has 1 aliphatic heterocycles. The zero-order chi connectivity index (χ0) is 26.6. The molecule has 0 spiro atoms. The molecular formula is C26H25ClF3N3O3S. The summed E-state index contributed by atoms with van der Waals surface area (Å²) in [5.41, 5.74) is -0.0504. The summed E-state index contributed by atoms with van der Waals surface area (Å²) in [4.78, 5) is 15.0. The Hall–Kier alpha value is -3.08. The molecule has 1 heterocycles. The predicted octanol–water partition coefficient (Wildman–Crippen LogP) is 5.55. The predicted molar refractivity (Wildman–Crippen MR) is 136 cm³/mol. The maximum Gasteiger partial charge on any atom is 0.416 e. The van der Waals surface area contributed by atoms with Crippen LogP contribution >= 0.6 is 11.6 Å². The average molecular weight is 552 g/mol. The van der Waals surface area contributed by atoms with Gasteiger partial charge in [0.05, 0.1) is 21.0 Å². The van der Waals surface area contributed by atoms with Crippen molar-refractivity contribution in [3.63, 3.8) is 0 Å². The van der Waals surface area contributed by atoms with Gasteiger partial charge in [-0.3, -0.25) is 14.4 Å². The lowest BCUT2D eigenvalue weighted by molar-refractivity contribution is -0.137. The van der Waals surface area contributed by atoms with E-state index in [1.54, 1.807) is 0 Å². The molecule has 3 aromatic carbocycles. The van der Waals surface area contributed by atoms with Gasteiger partial charge in [-0.15, -0.1) is 0 Å². The van der Waals surface area contributed by atoms with E-state index in [4.69, 9.17) is 11.6 Å². The van der Waals surface area contributed by atoms with Crippen molar-refractivity contribution < 1.29 is 26.4 Å². The Kier molecular flexibility index (Phi) is 8.11. The Labute approximate surface area is 218 Å². The van der Waals surface area contributed by atoms with Crippen LogP contribution < -0.4 is 10.0 Å². The van der Waals surface area contributed by atoms with Gasteiger partial charge in [-0.2, -0.15) is 13.2 Å². The second kappa shape index (κ2) is 11.1. The lowest BCUT2D eigenvalue weighted by atomic mass is 10.0. The molecular weight excluding hydrogens is 527 g/mol. The molecule has 0 unspecified atom stereocenters. The Morgan fingerprint density at radius 3 is 2.35 bits per heavy atom. The van der Waals surface area contributed by atoms with Crippen LogP contribution in [0.5, 0.6) is 0 Å². The van der Waals surface area contributed by atoms with Crippen molar-refractivity contribution in [3.05, 3.63) is 94.5 Å². The highest BCUT2D eigenvalue weighted by atomic mass is 35.5. The molecule has 0 bridgehead atoms. The van der Waals surface area contributed by atoms with Gasteiger partial charge in [0.1, 0.15) is 0 Å². The second-order valence-corrected chi connectivity index (χ2v) is 10.9. The number of alkyl halides is 3. The quantitative estimate of drug-likeness (QED) is 0.403. The van der Waals surface area contributed by atoms with Crippen LogP contribution in [0, 0.1) is 0 Å². The fourth-order valence-corrected chi connectivity index (χ4v) is 5.44. The Morgan fingerprint density at radius 1 is 0.973 bits per heavy atom. The zero-order valence-electron chi connectivity index (χ0n) is 19.6. The highest BCUT2D eigenvalue weighted by Crippen LogP contribution is 2.31. The van der Waals surface area contributed by atoms with Gasteiger partial charge in [-0.25, -0.2) is 8.42 Å². The van der Waals surface area contributed by atoms with E-state index < -0.39 is 27.7 Å². The van der Waals surface area contributed by atoms with Gasteiger partial charge in [0, 0.05) is 31.4 Å². The summed E-state index contributed by atoms with van der Waals surface area (Å²) in [5, 5.41) is 2.99. The molecule has 0 aliphatic carbocycles. The van der Waals surface area contributed by atoms with Gasteiger partial charge in [0.2, 0.25) is 0 Å². The van der Waals surface area contributed by atoms with Crippen molar-refractivity contribution >= 4 is 33.2 Å². The normalized spacial score (nSPS) is 15.4. The maximum absolute atomic E-state index is 13.0. The van der Waals surface area contributed by atoms with Crippen molar-refractivity contribution in [2.24, 2.45) is 0 Å². The number of amides is 1. The minimum Gasteiger partial charge on any atom is -0.349 e. The van der Waals surface area contributed by atoms with E-state index >= 15 is 0 Å². The monoisotopic (exact) mass is 551 g/mol. The molecule has 1 fully saturated rings. The first kappa shape index (κ1) is 27.0. The summed E-state index contributed by atoms with van der Waals surface area (Å²) in [6, 6.07) is 17.4. The van der Waals surface area contributed by atoms with Crippen LogP contribution in [0.15, 0.2) is 77.7 Å². The standard InChI is InChI=1S/C26H25ClF3N3O3S/c27-24-10-9-22(37(35,36)32-21-8-4-7-19(15-21)26(28,29)30)16-23(24)25(34)31-20-11-13-33(14-12-20)17-18-5-2-1-3-6-18/h1-10,15-16,20,32H,11-14,17H2,(H,31,34). The summed E-state index contributed by atoms with van der Waals surface area (Å²) in [5.74, 6) is -0.511. The van der Waals surface area contributed by atoms with E-state index in [1.165, 1.54) is 23.8 Å². The molecule has 0 radical (unpaired) electrons. The highest BCUT2D eigenvalue weighted by molar-refractivity contribution is 7.92. The van der Waals surface area contributed by atoms with Gasteiger partial charge >= 0.3 is 6.18 Å². The summed E-state index contributed by atoms with van der Waals surface area (Å²) >= 11 is 6.19. The van der Waals surface area contributed by atoms with Crippen molar-refractivity contribution in [2.75, 3.05) is 17.8 Å². The average Bonchev–Trinajstić information content (AvgIpc) is 2.85. The van der Waals surface area contributed by atoms with Crippen LogP contribution in [0.4, 0.5) is 18.9 Å². The van der Waals surface area contributed by atoms with E-state index in [2.05, 4.69) is 27.1 Å². The van der Waals surface area contributed by atoms with E-state index in [9.17, 15) is 26.4 Å². The van der Waals surface area contributed by atoms with E-state index in [-0.39, 0.29) is 27.2 Å². The third-order valence-electron chi connectivity index (χ3n) is 6.11. The minimum absolute atomic E-state index is 0.0275. The van der Waals surface area contributed by atoms with Gasteiger partial charge < -0.3 is 5.32 Å². The number of benzene rings is 3. The van der Waals surface area contributed by atoms with E-state index in [0.29, 0.717) is 6.07 Å². The number of hydrogen-bond acceptors (Lipinski definition) is 4. The molecule has 37 heavy (non-hydrogen) atoms. The van der Waals surface area contributed by atoms with Crippen LogP contribution in [0.3, 0.4) is 0 Å². The first-order valence-electron chi connectivity index (χ1n) is 11.6. The van der Waals surface area contributed by atoms with Crippen molar-refractivity contribution in [1.29, 1.82) is 0 Å². The number of nitrogens with one attached hydrogen (secondary N) is 2. The van der Waals surface area contributed by atoms with E-state index in [0.717, 1.165) is 50.7 Å². The van der Waals surface area contributed by atoms with Gasteiger partial charge in [-0.1, -0.05) is 48.0 Å². The Morgan fingerprint density at radius 2 is 1.68 bits per heavy atom. The number of carbonyl (C=O) groups is 1. The molecule has 2 N–H and O–H groups in total. The maximum atomic E-state index is 13.0. The first-order valence-corrected chi connectivity index (χ1v) is 13.4. The molecule has 1 amide bonds. The Balaban J connectivity index is 1.41. The molecule has 0 atom stereocenters. The summed E-state index contributed by atoms with van der Waals surface area (Å²) in [7, 11) is -4.28. The summed E-state index contributed by atoms with van der Waals surface area (Å²) in [6.07, 6.45) is -3.17. The highest BCUT2D eigenvalue weighted by Gasteiger charge is 2.31. The number of carbonyl (C=O) groups excluding carboxylic acids is 1. The third kappa shape index (κ3) is 7.03. The number of hydrogen-bond donors (Lipinski definition) is 2.